The Bertz CT molecular complexity index is 327. The highest BCUT2D eigenvalue weighted by atomic mass is 19.4. The zero-order valence-corrected chi connectivity index (χ0v) is 12.6. The molecule has 0 aromatic heterocycles. The first kappa shape index (κ1) is 18.9. The van der Waals surface area contributed by atoms with Gasteiger partial charge in [0.2, 0.25) is 5.78 Å². The van der Waals surface area contributed by atoms with E-state index in [9.17, 15) is 22.8 Å². The van der Waals surface area contributed by atoms with Gasteiger partial charge in [0, 0.05) is 12.0 Å². The SMILES string of the molecule is CCCCC(CC)C(=O)C(=O)N(CC(F)(F)F)C(C)C. The predicted octanol–water partition coefficient (Wildman–Crippen LogP) is 3.57. The number of ketones is 1. The van der Waals surface area contributed by atoms with Crippen LogP contribution in [0.5, 0.6) is 0 Å². The van der Waals surface area contributed by atoms with Crippen LogP contribution in [-0.4, -0.2) is 35.4 Å². The van der Waals surface area contributed by atoms with Crippen molar-refractivity contribution in [2.75, 3.05) is 6.54 Å². The average Bonchev–Trinajstić information content (AvgIpc) is 2.34. The molecule has 0 aliphatic rings. The van der Waals surface area contributed by atoms with Gasteiger partial charge in [0.15, 0.2) is 0 Å². The van der Waals surface area contributed by atoms with Gasteiger partial charge in [-0.05, 0) is 26.7 Å². The van der Waals surface area contributed by atoms with E-state index >= 15 is 0 Å². The number of carbonyl (C=O) groups excluding carboxylic acids is 2. The van der Waals surface area contributed by atoms with Crippen molar-refractivity contribution in [2.45, 2.75) is 65.6 Å². The Labute approximate surface area is 118 Å². The summed E-state index contributed by atoms with van der Waals surface area (Å²) in [6.07, 6.45) is -1.80. The maximum atomic E-state index is 12.5. The maximum absolute atomic E-state index is 12.5. The van der Waals surface area contributed by atoms with Gasteiger partial charge in [0.1, 0.15) is 6.54 Å². The molecule has 0 fully saturated rings. The molecule has 0 saturated heterocycles. The first-order valence-electron chi connectivity index (χ1n) is 7.05. The third-order valence-electron chi connectivity index (χ3n) is 3.21. The van der Waals surface area contributed by atoms with Gasteiger partial charge in [-0.15, -0.1) is 0 Å². The summed E-state index contributed by atoms with van der Waals surface area (Å²) in [6, 6.07) is -0.656. The van der Waals surface area contributed by atoms with Gasteiger partial charge in [-0.3, -0.25) is 9.59 Å². The van der Waals surface area contributed by atoms with Crippen molar-refractivity contribution in [3.8, 4) is 0 Å². The summed E-state index contributed by atoms with van der Waals surface area (Å²) in [6.45, 7) is 5.31. The number of amides is 1. The summed E-state index contributed by atoms with van der Waals surface area (Å²) in [7, 11) is 0. The molecule has 0 heterocycles. The molecule has 0 N–H and O–H groups in total. The number of rotatable bonds is 8. The normalized spacial score (nSPS) is 13.4. The first-order chi connectivity index (χ1) is 9.14. The molecule has 0 aliphatic carbocycles. The smallest absolute Gasteiger partial charge is 0.325 e. The monoisotopic (exact) mass is 295 g/mol. The molecule has 1 amide bonds. The van der Waals surface area contributed by atoms with Crippen molar-refractivity contribution >= 4 is 11.7 Å². The van der Waals surface area contributed by atoms with E-state index in [4.69, 9.17) is 0 Å². The fraction of sp³-hybridized carbons (Fsp3) is 0.857. The second-order valence-electron chi connectivity index (χ2n) is 5.25. The molecule has 0 spiro atoms. The average molecular weight is 295 g/mol. The fourth-order valence-electron chi connectivity index (χ4n) is 1.97. The van der Waals surface area contributed by atoms with Crippen molar-refractivity contribution in [3.63, 3.8) is 0 Å². The van der Waals surface area contributed by atoms with Crippen LogP contribution in [0.1, 0.15) is 53.4 Å². The lowest BCUT2D eigenvalue weighted by molar-refractivity contribution is -0.168. The number of nitrogens with zero attached hydrogens (tertiary/aromatic N) is 1. The minimum Gasteiger partial charge on any atom is -0.325 e. The molecule has 0 aliphatic heterocycles. The summed E-state index contributed by atoms with van der Waals surface area (Å²) in [5.74, 6) is -2.18. The lowest BCUT2D eigenvalue weighted by Crippen LogP contribution is -2.47. The van der Waals surface area contributed by atoms with Gasteiger partial charge in [0.25, 0.3) is 5.91 Å². The number of hydrogen-bond donors (Lipinski definition) is 0. The van der Waals surface area contributed by atoms with E-state index in [1.165, 1.54) is 13.8 Å². The molecular formula is C14H24F3NO2. The standard InChI is InChI=1S/C14H24F3NO2/c1-5-7-8-11(6-2)12(19)13(20)18(10(3)4)9-14(15,16)17/h10-11H,5-9H2,1-4H3. The maximum Gasteiger partial charge on any atom is 0.406 e. The Hall–Kier alpha value is -1.07. The van der Waals surface area contributed by atoms with Crippen LogP contribution in [0.2, 0.25) is 0 Å². The third kappa shape index (κ3) is 6.39. The fourth-order valence-corrected chi connectivity index (χ4v) is 1.97. The van der Waals surface area contributed by atoms with E-state index in [1.807, 2.05) is 6.92 Å². The topological polar surface area (TPSA) is 37.4 Å². The van der Waals surface area contributed by atoms with Crippen LogP contribution in [0.25, 0.3) is 0 Å². The van der Waals surface area contributed by atoms with E-state index < -0.39 is 36.4 Å². The van der Waals surface area contributed by atoms with Crippen LogP contribution >= 0.6 is 0 Å². The largest absolute Gasteiger partial charge is 0.406 e. The molecule has 0 rings (SSSR count). The van der Waals surface area contributed by atoms with Gasteiger partial charge in [-0.1, -0.05) is 26.7 Å². The number of unbranched alkanes of at least 4 members (excludes halogenated alkanes) is 1. The molecule has 20 heavy (non-hydrogen) atoms. The molecule has 0 radical (unpaired) electrons. The minimum atomic E-state index is -4.49. The molecule has 3 nitrogen and oxygen atoms in total. The van der Waals surface area contributed by atoms with Gasteiger partial charge >= 0.3 is 6.18 Å². The van der Waals surface area contributed by atoms with Gasteiger partial charge < -0.3 is 4.90 Å². The summed E-state index contributed by atoms with van der Waals surface area (Å²) in [5, 5.41) is 0. The molecule has 1 atom stereocenters. The molecule has 1 unspecified atom stereocenters. The summed E-state index contributed by atoms with van der Waals surface area (Å²) in [4.78, 5) is 24.7. The van der Waals surface area contributed by atoms with Crippen LogP contribution in [0.4, 0.5) is 13.2 Å². The van der Waals surface area contributed by atoms with Crippen molar-refractivity contribution in [1.82, 2.24) is 4.90 Å². The van der Waals surface area contributed by atoms with Crippen LogP contribution in [0.3, 0.4) is 0 Å². The van der Waals surface area contributed by atoms with Crippen LogP contribution < -0.4 is 0 Å². The molecule has 6 heteroatoms. The Morgan fingerprint density at radius 2 is 1.70 bits per heavy atom. The number of alkyl halides is 3. The summed E-state index contributed by atoms with van der Waals surface area (Å²) < 4.78 is 37.4. The van der Waals surface area contributed by atoms with Crippen molar-refractivity contribution in [3.05, 3.63) is 0 Å². The first-order valence-corrected chi connectivity index (χ1v) is 7.05. The molecule has 0 saturated carbocycles. The highest BCUT2D eigenvalue weighted by Crippen LogP contribution is 2.21. The van der Waals surface area contributed by atoms with Crippen molar-refractivity contribution in [1.29, 1.82) is 0 Å². The van der Waals surface area contributed by atoms with Crippen LogP contribution in [0.15, 0.2) is 0 Å². The Morgan fingerprint density at radius 1 is 1.15 bits per heavy atom. The van der Waals surface area contributed by atoms with Gasteiger partial charge in [-0.25, -0.2) is 0 Å². The number of hydrogen-bond acceptors (Lipinski definition) is 2. The second kappa shape index (κ2) is 8.27. The molecular weight excluding hydrogens is 271 g/mol. The second-order valence-corrected chi connectivity index (χ2v) is 5.25. The van der Waals surface area contributed by atoms with Gasteiger partial charge in [0.05, 0.1) is 0 Å². The van der Waals surface area contributed by atoms with Crippen molar-refractivity contribution in [2.24, 2.45) is 5.92 Å². The third-order valence-corrected chi connectivity index (χ3v) is 3.21. The summed E-state index contributed by atoms with van der Waals surface area (Å²) >= 11 is 0. The van der Waals surface area contributed by atoms with Crippen LogP contribution in [-0.2, 0) is 9.59 Å². The molecule has 118 valence electrons. The Morgan fingerprint density at radius 3 is 2.05 bits per heavy atom. The molecule has 0 bridgehead atoms. The molecule has 0 aromatic carbocycles. The summed E-state index contributed by atoms with van der Waals surface area (Å²) in [5.41, 5.74) is 0. The Balaban J connectivity index is 4.91. The van der Waals surface area contributed by atoms with E-state index in [0.717, 1.165) is 12.8 Å². The predicted molar refractivity (Wildman–Crippen MR) is 71.2 cm³/mol. The van der Waals surface area contributed by atoms with Gasteiger partial charge in [-0.2, -0.15) is 13.2 Å². The lowest BCUT2D eigenvalue weighted by Gasteiger charge is -2.28. The van der Waals surface area contributed by atoms with E-state index in [0.29, 0.717) is 17.7 Å². The highest BCUT2D eigenvalue weighted by molar-refractivity contribution is 6.36. The Kier molecular flexibility index (Phi) is 7.83. The number of Topliss-reactive ketones (excluding diaryl/α,β-unsaturated/α-hetero) is 1. The highest BCUT2D eigenvalue weighted by Gasteiger charge is 2.37. The zero-order chi connectivity index (χ0) is 15.9. The number of carbonyl (C=O) groups is 2. The van der Waals surface area contributed by atoms with E-state index in [-0.39, 0.29) is 0 Å². The van der Waals surface area contributed by atoms with Crippen molar-refractivity contribution < 1.29 is 22.8 Å². The lowest BCUT2D eigenvalue weighted by atomic mass is 9.93. The van der Waals surface area contributed by atoms with E-state index in [1.54, 1.807) is 6.92 Å². The zero-order valence-electron chi connectivity index (χ0n) is 12.6. The van der Waals surface area contributed by atoms with E-state index in [2.05, 4.69) is 0 Å². The molecule has 0 aromatic rings. The quantitative estimate of drug-likeness (QED) is 0.642. The van der Waals surface area contributed by atoms with Crippen LogP contribution in [0, 0.1) is 5.92 Å². The minimum absolute atomic E-state index is 0.475. The number of halogens is 3.